The highest BCUT2D eigenvalue weighted by molar-refractivity contribution is 9.10. The van der Waals surface area contributed by atoms with Crippen LogP contribution in [0.3, 0.4) is 0 Å². The Kier molecular flexibility index (Phi) is 4.15. The van der Waals surface area contributed by atoms with E-state index >= 15 is 0 Å². The van der Waals surface area contributed by atoms with Gasteiger partial charge < -0.3 is 5.73 Å². The Morgan fingerprint density at radius 3 is 2.65 bits per heavy atom. The molecule has 17 heavy (non-hydrogen) atoms. The predicted molar refractivity (Wildman–Crippen MR) is 67.7 cm³/mol. The van der Waals surface area contributed by atoms with E-state index in [0.29, 0.717) is 10.4 Å². The fourth-order valence-electron chi connectivity index (χ4n) is 2.26. The van der Waals surface area contributed by atoms with Crippen molar-refractivity contribution in [1.29, 1.82) is 0 Å². The van der Waals surface area contributed by atoms with Crippen LogP contribution in [-0.2, 0) is 6.42 Å². The van der Waals surface area contributed by atoms with Crippen molar-refractivity contribution in [1.82, 2.24) is 0 Å². The summed E-state index contributed by atoms with van der Waals surface area (Å²) in [5, 5.41) is 0. The highest BCUT2D eigenvalue weighted by Crippen LogP contribution is 2.31. The first-order chi connectivity index (χ1) is 8.08. The normalized spacial score (nSPS) is 17.9. The minimum Gasteiger partial charge on any atom is -0.327 e. The van der Waals surface area contributed by atoms with Crippen molar-refractivity contribution in [3.05, 3.63) is 33.8 Å². The molecule has 0 bridgehead atoms. The summed E-state index contributed by atoms with van der Waals surface area (Å²) in [5.41, 5.74) is 6.06. The van der Waals surface area contributed by atoms with Crippen molar-refractivity contribution in [2.45, 2.75) is 38.1 Å². The van der Waals surface area contributed by atoms with Crippen LogP contribution in [0.4, 0.5) is 8.78 Å². The first-order valence-corrected chi connectivity index (χ1v) is 6.75. The van der Waals surface area contributed by atoms with E-state index in [9.17, 15) is 8.78 Å². The van der Waals surface area contributed by atoms with E-state index in [1.54, 1.807) is 0 Å². The number of nitrogens with two attached hydrogens (primary N) is 1. The van der Waals surface area contributed by atoms with Crippen LogP contribution in [0.2, 0.25) is 0 Å². The molecule has 0 spiro atoms. The topological polar surface area (TPSA) is 26.0 Å². The van der Waals surface area contributed by atoms with Gasteiger partial charge in [0.1, 0.15) is 11.6 Å². The highest BCUT2D eigenvalue weighted by atomic mass is 79.9. The number of hydrogen-bond donors (Lipinski definition) is 1. The zero-order chi connectivity index (χ0) is 12.4. The average Bonchev–Trinajstić information content (AvgIpc) is 2.24. The Balaban J connectivity index is 2.03. The summed E-state index contributed by atoms with van der Waals surface area (Å²) in [7, 11) is 0. The predicted octanol–water partition coefficient (Wildman–Crippen LogP) is 3.79. The van der Waals surface area contributed by atoms with Crippen LogP contribution in [0.25, 0.3) is 0 Å². The molecule has 1 saturated carbocycles. The third kappa shape index (κ3) is 3.05. The van der Waals surface area contributed by atoms with Gasteiger partial charge >= 0.3 is 0 Å². The molecule has 1 aromatic carbocycles. The van der Waals surface area contributed by atoms with Crippen LogP contribution < -0.4 is 5.73 Å². The van der Waals surface area contributed by atoms with Crippen molar-refractivity contribution in [2.24, 2.45) is 11.7 Å². The lowest BCUT2D eigenvalue weighted by atomic mass is 9.80. The highest BCUT2D eigenvalue weighted by Gasteiger charge is 2.22. The van der Waals surface area contributed by atoms with Gasteiger partial charge in [0.15, 0.2) is 0 Å². The lowest BCUT2D eigenvalue weighted by Gasteiger charge is -2.28. The van der Waals surface area contributed by atoms with Crippen molar-refractivity contribution < 1.29 is 8.78 Å². The fourth-order valence-corrected chi connectivity index (χ4v) is 2.63. The van der Waals surface area contributed by atoms with Crippen LogP contribution in [-0.4, -0.2) is 6.04 Å². The van der Waals surface area contributed by atoms with Crippen LogP contribution in [0.5, 0.6) is 0 Å². The van der Waals surface area contributed by atoms with Crippen LogP contribution in [0.15, 0.2) is 16.6 Å². The number of rotatable bonds is 4. The van der Waals surface area contributed by atoms with Gasteiger partial charge in [-0.25, -0.2) is 8.78 Å². The van der Waals surface area contributed by atoms with Gasteiger partial charge in [0.05, 0.1) is 4.47 Å². The van der Waals surface area contributed by atoms with Crippen molar-refractivity contribution in [3.63, 3.8) is 0 Å². The maximum Gasteiger partial charge on any atom is 0.143 e. The molecule has 2 N–H and O–H groups in total. The molecule has 0 aromatic heterocycles. The summed E-state index contributed by atoms with van der Waals surface area (Å²) in [6.07, 6.45) is 4.81. The minimum atomic E-state index is -0.519. The molecule has 4 heteroatoms. The van der Waals surface area contributed by atoms with Crippen LogP contribution in [0.1, 0.15) is 31.2 Å². The lowest BCUT2D eigenvalue weighted by Crippen LogP contribution is -2.29. The zero-order valence-electron chi connectivity index (χ0n) is 9.56. The molecule has 0 heterocycles. The maximum atomic E-state index is 13.7. The van der Waals surface area contributed by atoms with Gasteiger partial charge in [-0.2, -0.15) is 0 Å². The molecule has 0 aliphatic heterocycles. The second kappa shape index (κ2) is 5.44. The molecular formula is C13H16BrF2N. The van der Waals surface area contributed by atoms with Crippen molar-refractivity contribution >= 4 is 15.9 Å². The maximum absolute atomic E-state index is 13.7. The second-order valence-corrected chi connectivity index (χ2v) is 5.67. The second-order valence-electron chi connectivity index (χ2n) is 4.82. The molecule has 0 saturated heterocycles. The largest absolute Gasteiger partial charge is 0.327 e. The van der Waals surface area contributed by atoms with Crippen molar-refractivity contribution in [3.8, 4) is 0 Å². The Morgan fingerprint density at radius 2 is 2.06 bits per heavy atom. The van der Waals surface area contributed by atoms with Crippen LogP contribution >= 0.6 is 15.9 Å². The number of benzene rings is 1. The molecule has 1 atom stereocenters. The van der Waals surface area contributed by atoms with E-state index < -0.39 is 11.6 Å². The first-order valence-electron chi connectivity index (χ1n) is 5.96. The molecule has 0 radical (unpaired) electrons. The summed E-state index contributed by atoms with van der Waals surface area (Å²) < 4.78 is 27.5. The standard InChI is InChI=1S/C13H16BrF2N/c14-11-4-5-12(15)10(13(11)16)7-9(17)6-8-2-1-3-8/h4-5,8-9H,1-3,6-7,17H2. The van der Waals surface area contributed by atoms with E-state index in [1.165, 1.54) is 31.4 Å². The molecular weight excluding hydrogens is 288 g/mol. The van der Waals surface area contributed by atoms with E-state index in [0.717, 1.165) is 6.42 Å². The molecule has 1 aromatic rings. The smallest absolute Gasteiger partial charge is 0.143 e. The Hall–Kier alpha value is -0.480. The van der Waals surface area contributed by atoms with Gasteiger partial charge in [0, 0.05) is 11.6 Å². The molecule has 1 fully saturated rings. The van der Waals surface area contributed by atoms with E-state index in [-0.39, 0.29) is 18.0 Å². The van der Waals surface area contributed by atoms with Gasteiger partial charge in [-0.05, 0) is 46.8 Å². The SMILES string of the molecule is NC(Cc1c(F)ccc(Br)c1F)CC1CCC1. The molecule has 0 amide bonds. The molecule has 1 unspecified atom stereocenters. The lowest BCUT2D eigenvalue weighted by molar-refractivity contribution is 0.274. The van der Waals surface area contributed by atoms with E-state index in [1.807, 2.05) is 0 Å². The summed E-state index contributed by atoms with van der Waals surface area (Å²) in [4.78, 5) is 0. The Bertz CT molecular complexity index is 405. The van der Waals surface area contributed by atoms with Gasteiger partial charge in [-0.1, -0.05) is 19.3 Å². The number of halogens is 3. The molecule has 94 valence electrons. The first kappa shape index (κ1) is 13.0. The monoisotopic (exact) mass is 303 g/mol. The molecule has 1 nitrogen and oxygen atoms in total. The fraction of sp³-hybridized carbons (Fsp3) is 0.538. The molecule has 1 aliphatic rings. The van der Waals surface area contributed by atoms with Crippen molar-refractivity contribution in [2.75, 3.05) is 0 Å². The third-order valence-corrected chi connectivity index (χ3v) is 4.08. The number of hydrogen-bond acceptors (Lipinski definition) is 1. The average molecular weight is 304 g/mol. The van der Waals surface area contributed by atoms with Gasteiger partial charge in [0.2, 0.25) is 0 Å². The Labute approximate surface area is 109 Å². The summed E-state index contributed by atoms with van der Waals surface area (Å²) in [6, 6.07) is 2.50. The van der Waals surface area contributed by atoms with Crippen LogP contribution in [0, 0.1) is 17.6 Å². The Morgan fingerprint density at radius 1 is 1.35 bits per heavy atom. The third-order valence-electron chi connectivity index (χ3n) is 3.47. The van der Waals surface area contributed by atoms with Gasteiger partial charge in [0.25, 0.3) is 0 Å². The molecule has 1 aliphatic carbocycles. The summed E-state index contributed by atoms with van der Waals surface area (Å²) in [5.74, 6) is -0.368. The van der Waals surface area contributed by atoms with E-state index in [4.69, 9.17) is 5.73 Å². The zero-order valence-corrected chi connectivity index (χ0v) is 11.1. The molecule has 2 rings (SSSR count). The quantitative estimate of drug-likeness (QED) is 0.842. The summed E-state index contributed by atoms with van der Waals surface area (Å²) >= 11 is 3.06. The van der Waals surface area contributed by atoms with E-state index in [2.05, 4.69) is 15.9 Å². The summed E-state index contributed by atoms with van der Waals surface area (Å²) in [6.45, 7) is 0. The van der Waals surface area contributed by atoms with Gasteiger partial charge in [-0.3, -0.25) is 0 Å². The van der Waals surface area contributed by atoms with Gasteiger partial charge in [-0.15, -0.1) is 0 Å². The minimum absolute atomic E-state index is 0.103.